The van der Waals surface area contributed by atoms with E-state index in [9.17, 15) is 19.8 Å². The van der Waals surface area contributed by atoms with Gasteiger partial charge in [0.05, 0.1) is 25.2 Å². The van der Waals surface area contributed by atoms with E-state index in [-0.39, 0.29) is 24.9 Å². The normalized spacial score (nSPS) is 13.3. The molecule has 3 N–H and O–H groups in total. The highest BCUT2D eigenvalue weighted by molar-refractivity contribution is 5.77. The van der Waals surface area contributed by atoms with E-state index in [1.807, 2.05) is 0 Å². The first-order valence-corrected chi connectivity index (χ1v) is 25.4. The van der Waals surface area contributed by atoms with Crippen LogP contribution in [0.2, 0.25) is 0 Å². The highest BCUT2D eigenvalue weighted by atomic mass is 16.5. The number of allylic oxidation sites excluding steroid dienone is 2. The molecule has 3 atom stereocenters. The van der Waals surface area contributed by atoms with Gasteiger partial charge in [0.15, 0.2) is 0 Å². The van der Waals surface area contributed by atoms with Gasteiger partial charge < -0.3 is 20.3 Å². The van der Waals surface area contributed by atoms with Crippen LogP contribution in [0.15, 0.2) is 12.2 Å². The molecule has 338 valence electrons. The van der Waals surface area contributed by atoms with Crippen LogP contribution in [0.5, 0.6) is 0 Å². The second-order valence-corrected chi connectivity index (χ2v) is 17.6. The van der Waals surface area contributed by atoms with E-state index in [0.717, 1.165) is 57.8 Å². The second kappa shape index (κ2) is 45.7. The van der Waals surface area contributed by atoms with Crippen LogP contribution in [0.25, 0.3) is 0 Å². The Morgan fingerprint density at radius 3 is 1.32 bits per heavy atom. The van der Waals surface area contributed by atoms with Crippen molar-refractivity contribution in [3.63, 3.8) is 0 Å². The molecule has 3 unspecified atom stereocenters. The molecule has 0 radical (unpaired) electrons. The number of nitrogens with one attached hydrogen (secondary N) is 1. The maximum atomic E-state index is 13.2. The van der Waals surface area contributed by atoms with Crippen molar-refractivity contribution in [2.24, 2.45) is 0 Å². The van der Waals surface area contributed by atoms with Gasteiger partial charge >= 0.3 is 5.97 Å². The Morgan fingerprint density at radius 2 is 0.877 bits per heavy atom. The van der Waals surface area contributed by atoms with Crippen LogP contribution in [-0.2, 0) is 14.3 Å². The highest BCUT2D eigenvalue weighted by Crippen LogP contribution is 2.18. The molecule has 0 saturated carbocycles. The SMILES string of the molecule is CCC/C=C\CCCCCCCC(=O)OC(CCCCCCCCCCCCCCCC)CC(=O)NC(CO)C(O)CCCCCCCCCCCCCCCC. The summed E-state index contributed by atoms with van der Waals surface area (Å²) in [6.07, 6.45) is 49.8. The van der Waals surface area contributed by atoms with Crippen LogP contribution in [0, 0.1) is 0 Å². The fraction of sp³-hybridized carbons (Fsp3) is 0.922. The predicted molar refractivity (Wildman–Crippen MR) is 246 cm³/mol. The number of carbonyl (C=O) groups excluding carboxylic acids is 2. The molecule has 0 aliphatic carbocycles. The van der Waals surface area contributed by atoms with Crippen molar-refractivity contribution in [2.75, 3.05) is 6.61 Å². The van der Waals surface area contributed by atoms with Crippen LogP contribution in [0.1, 0.15) is 278 Å². The summed E-state index contributed by atoms with van der Waals surface area (Å²) in [5, 5.41) is 23.8. The fourth-order valence-corrected chi connectivity index (χ4v) is 7.96. The lowest BCUT2D eigenvalue weighted by Gasteiger charge is -2.24. The first-order chi connectivity index (χ1) is 28.0. The smallest absolute Gasteiger partial charge is 0.306 e. The molecule has 0 bridgehead atoms. The first kappa shape index (κ1) is 55.6. The minimum Gasteiger partial charge on any atom is -0.462 e. The number of rotatable bonds is 46. The first-order valence-electron chi connectivity index (χ1n) is 25.4. The van der Waals surface area contributed by atoms with Crippen LogP contribution in [0.3, 0.4) is 0 Å². The highest BCUT2D eigenvalue weighted by Gasteiger charge is 2.24. The van der Waals surface area contributed by atoms with E-state index >= 15 is 0 Å². The number of ether oxygens (including phenoxy) is 1. The van der Waals surface area contributed by atoms with Gasteiger partial charge in [-0.2, -0.15) is 0 Å². The maximum absolute atomic E-state index is 13.2. The van der Waals surface area contributed by atoms with Gasteiger partial charge in [0.1, 0.15) is 6.10 Å². The monoisotopic (exact) mass is 806 g/mol. The molecule has 0 fully saturated rings. The maximum Gasteiger partial charge on any atom is 0.306 e. The zero-order valence-electron chi connectivity index (χ0n) is 38.5. The Bertz CT molecular complexity index is 863. The molecule has 0 aromatic rings. The zero-order chi connectivity index (χ0) is 41.7. The van der Waals surface area contributed by atoms with E-state index in [0.29, 0.717) is 19.3 Å². The molecule has 0 saturated heterocycles. The summed E-state index contributed by atoms with van der Waals surface area (Å²) in [6.45, 7) is 6.44. The van der Waals surface area contributed by atoms with E-state index in [1.54, 1.807) is 0 Å². The summed E-state index contributed by atoms with van der Waals surface area (Å²) < 4.78 is 5.92. The third-order valence-corrected chi connectivity index (χ3v) is 11.8. The molecule has 1 amide bonds. The predicted octanol–water partition coefficient (Wildman–Crippen LogP) is 15.0. The lowest BCUT2D eigenvalue weighted by molar-refractivity contribution is -0.151. The van der Waals surface area contributed by atoms with Crippen molar-refractivity contribution >= 4 is 11.9 Å². The molecular weight excluding hydrogens is 707 g/mol. The van der Waals surface area contributed by atoms with Crippen LogP contribution in [0.4, 0.5) is 0 Å². The van der Waals surface area contributed by atoms with Gasteiger partial charge in [-0.3, -0.25) is 9.59 Å². The van der Waals surface area contributed by atoms with Gasteiger partial charge in [-0.1, -0.05) is 232 Å². The van der Waals surface area contributed by atoms with Crippen molar-refractivity contribution in [2.45, 2.75) is 296 Å². The molecular formula is C51H99NO5. The molecule has 0 aliphatic rings. The molecule has 6 nitrogen and oxygen atoms in total. The molecule has 57 heavy (non-hydrogen) atoms. The number of unbranched alkanes of at least 4 members (excludes halogenated alkanes) is 32. The third-order valence-electron chi connectivity index (χ3n) is 11.8. The lowest BCUT2D eigenvalue weighted by Crippen LogP contribution is -2.46. The number of hydrogen-bond acceptors (Lipinski definition) is 5. The number of carbonyl (C=O) groups is 2. The molecule has 0 rings (SSSR count). The Balaban J connectivity index is 4.51. The Hall–Kier alpha value is -1.40. The minimum atomic E-state index is -0.782. The van der Waals surface area contributed by atoms with Gasteiger partial charge in [-0.05, 0) is 44.9 Å². The average Bonchev–Trinajstić information content (AvgIpc) is 3.20. The van der Waals surface area contributed by atoms with Crippen molar-refractivity contribution in [3.8, 4) is 0 Å². The summed E-state index contributed by atoms with van der Waals surface area (Å²) in [7, 11) is 0. The van der Waals surface area contributed by atoms with Crippen molar-refractivity contribution in [1.29, 1.82) is 0 Å². The zero-order valence-corrected chi connectivity index (χ0v) is 38.5. The van der Waals surface area contributed by atoms with Gasteiger partial charge in [0, 0.05) is 6.42 Å². The van der Waals surface area contributed by atoms with Crippen molar-refractivity contribution < 1.29 is 24.5 Å². The van der Waals surface area contributed by atoms with E-state index in [1.165, 1.54) is 173 Å². The summed E-state index contributed by atoms with van der Waals surface area (Å²) in [5.41, 5.74) is 0. The molecule has 0 aromatic heterocycles. The number of esters is 1. The topological polar surface area (TPSA) is 95.9 Å². The molecule has 0 aliphatic heterocycles. The lowest BCUT2D eigenvalue weighted by atomic mass is 10.0. The number of hydrogen-bond donors (Lipinski definition) is 3. The number of aliphatic hydroxyl groups excluding tert-OH is 2. The van der Waals surface area contributed by atoms with Gasteiger partial charge in [0.2, 0.25) is 5.91 Å². The summed E-state index contributed by atoms with van der Waals surface area (Å²) in [4.78, 5) is 26.0. The molecule has 6 heteroatoms. The number of aliphatic hydroxyl groups is 2. The quantitative estimate of drug-likeness (QED) is 0.0323. The van der Waals surface area contributed by atoms with E-state index in [2.05, 4.69) is 38.2 Å². The minimum absolute atomic E-state index is 0.0812. The van der Waals surface area contributed by atoms with Crippen LogP contribution < -0.4 is 5.32 Å². The van der Waals surface area contributed by atoms with Gasteiger partial charge in [0.25, 0.3) is 0 Å². The van der Waals surface area contributed by atoms with Gasteiger partial charge in [-0.25, -0.2) is 0 Å². The summed E-state index contributed by atoms with van der Waals surface area (Å²) in [5.74, 6) is -0.470. The Morgan fingerprint density at radius 1 is 0.491 bits per heavy atom. The second-order valence-electron chi connectivity index (χ2n) is 17.6. The fourth-order valence-electron chi connectivity index (χ4n) is 7.96. The van der Waals surface area contributed by atoms with Crippen molar-refractivity contribution in [1.82, 2.24) is 5.32 Å². The number of amides is 1. The van der Waals surface area contributed by atoms with Crippen LogP contribution in [-0.4, -0.2) is 46.9 Å². The van der Waals surface area contributed by atoms with Crippen LogP contribution >= 0.6 is 0 Å². The molecule has 0 aromatic carbocycles. The Labute approximate surface area is 355 Å². The van der Waals surface area contributed by atoms with E-state index in [4.69, 9.17) is 4.74 Å². The molecule has 0 heterocycles. The van der Waals surface area contributed by atoms with Gasteiger partial charge in [-0.15, -0.1) is 0 Å². The summed E-state index contributed by atoms with van der Waals surface area (Å²) in [6, 6.07) is -0.695. The Kier molecular flexibility index (Phi) is 44.6. The third kappa shape index (κ3) is 41.1. The molecule has 0 spiro atoms. The van der Waals surface area contributed by atoms with Crippen molar-refractivity contribution in [3.05, 3.63) is 12.2 Å². The van der Waals surface area contributed by atoms with E-state index < -0.39 is 18.2 Å². The standard InChI is InChI=1S/C51H99NO5/c1-4-7-10-13-16-19-22-24-26-28-30-33-36-39-42-47(57-51(56)44-41-38-35-32-21-18-15-12-9-6-3)45-50(55)52-48(46-53)49(54)43-40-37-34-31-29-27-25-23-20-17-14-11-8-5-2/h12,15,47-49,53-54H,4-11,13-14,16-46H2,1-3H3,(H,52,55)/b15-12-. The average molecular weight is 806 g/mol. The largest absolute Gasteiger partial charge is 0.462 e. The summed E-state index contributed by atoms with van der Waals surface area (Å²) >= 11 is 0.